The number of carbonyl (C=O) groups is 1. The van der Waals surface area contributed by atoms with Gasteiger partial charge in [-0.2, -0.15) is 5.10 Å². The molecule has 1 fully saturated rings. The van der Waals surface area contributed by atoms with Gasteiger partial charge in [-0.15, -0.1) is 0 Å². The van der Waals surface area contributed by atoms with Crippen LogP contribution in [0.4, 0.5) is 0 Å². The fraction of sp³-hybridized carbons (Fsp3) is 0.833. The molecule has 15 heavy (non-hydrogen) atoms. The summed E-state index contributed by atoms with van der Waals surface area (Å²) in [5, 5.41) is 4.21. The zero-order valence-corrected chi connectivity index (χ0v) is 9.72. The maximum Gasteiger partial charge on any atom is 0.240 e. The van der Waals surface area contributed by atoms with Crippen LogP contribution in [0.25, 0.3) is 0 Å². The Labute approximate surface area is 92.3 Å². The number of hydrogen-bond acceptors (Lipinski definition) is 2. The summed E-state index contributed by atoms with van der Waals surface area (Å²) in [4.78, 5) is 11.3. The third-order valence-electron chi connectivity index (χ3n) is 2.78. The van der Waals surface area contributed by atoms with Gasteiger partial charge in [-0.1, -0.05) is 26.2 Å². The molecule has 0 aromatic rings. The van der Waals surface area contributed by atoms with Crippen molar-refractivity contribution in [3.8, 4) is 0 Å². The first-order valence-electron chi connectivity index (χ1n) is 6.17. The van der Waals surface area contributed by atoms with Crippen molar-refractivity contribution in [2.75, 3.05) is 0 Å². The molecule has 1 aliphatic rings. The van der Waals surface area contributed by atoms with Gasteiger partial charge >= 0.3 is 0 Å². The van der Waals surface area contributed by atoms with Crippen LogP contribution in [0.5, 0.6) is 0 Å². The Bertz CT molecular complexity index is 214. The summed E-state index contributed by atoms with van der Waals surface area (Å²) >= 11 is 0. The van der Waals surface area contributed by atoms with Crippen molar-refractivity contribution < 1.29 is 4.79 Å². The molecule has 0 unspecified atom stereocenters. The quantitative estimate of drug-likeness (QED) is 0.562. The monoisotopic (exact) mass is 210 g/mol. The summed E-state index contributed by atoms with van der Waals surface area (Å²) in [6, 6.07) is 0. The van der Waals surface area contributed by atoms with E-state index in [0.29, 0.717) is 6.42 Å². The lowest BCUT2D eigenvalue weighted by atomic mass is 10.2. The Morgan fingerprint density at radius 2 is 1.93 bits per heavy atom. The van der Waals surface area contributed by atoms with Crippen molar-refractivity contribution in [2.45, 2.75) is 64.7 Å². The first-order chi connectivity index (χ1) is 7.33. The lowest BCUT2D eigenvalue weighted by Crippen LogP contribution is -2.19. The van der Waals surface area contributed by atoms with Crippen LogP contribution in [-0.4, -0.2) is 11.6 Å². The molecule has 0 heterocycles. The van der Waals surface area contributed by atoms with E-state index in [0.717, 1.165) is 25.7 Å². The van der Waals surface area contributed by atoms with Gasteiger partial charge in [0.25, 0.3) is 0 Å². The first-order valence-corrected chi connectivity index (χ1v) is 6.17. The largest absolute Gasteiger partial charge is 0.273 e. The SMILES string of the molecule is CCCCC(=O)NN=C1CCCCCC1. The van der Waals surface area contributed by atoms with Gasteiger partial charge in [0.05, 0.1) is 0 Å². The van der Waals surface area contributed by atoms with E-state index >= 15 is 0 Å². The molecule has 1 aliphatic carbocycles. The molecule has 0 bridgehead atoms. The standard InChI is InChI=1S/C12H22N2O/c1-2-3-10-12(15)14-13-11-8-6-4-5-7-9-11/h2-10H2,1H3,(H,14,15). The average Bonchev–Trinajstić information content (AvgIpc) is 2.51. The molecule has 1 rings (SSSR count). The van der Waals surface area contributed by atoms with E-state index in [1.807, 2.05) is 0 Å². The number of nitrogens with one attached hydrogen (secondary N) is 1. The molecule has 1 saturated carbocycles. The topological polar surface area (TPSA) is 41.5 Å². The normalized spacial score (nSPS) is 17.0. The second kappa shape index (κ2) is 7.43. The molecule has 3 nitrogen and oxygen atoms in total. The smallest absolute Gasteiger partial charge is 0.240 e. The molecule has 3 heteroatoms. The lowest BCUT2D eigenvalue weighted by molar-refractivity contribution is -0.121. The Hall–Kier alpha value is -0.860. The maximum absolute atomic E-state index is 11.3. The third-order valence-corrected chi connectivity index (χ3v) is 2.78. The van der Waals surface area contributed by atoms with Gasteiger partial charge in [-0.3, -0.25) is 4.79 Å². The van der Waals surface area contributed by atoms with Crippen molar-refractivity contribution >= 4 is 11.6 Å². The van der Waals surface area contributed by atoms with Gasteiger partial charge in [0, 0.05) is 12.1 Å². The number of amides is 1. The van der Waals surface area contributed by atoms with Crippen molar-refractivity contribution in [3.05, 3.63) is 0 Å². The minimum atomic E-state index is 0.0635. The van der Waals surface area contributed by atoms with E-state index in [9.17, 15) is 4.79 Å². The maximum atomic E-state index is 11.3. The summed E-state index contributed by atoms with van der Waals surface area (Å²) < 4.78 is 0. The second-order valence-corrected chi connectivity index (χ2v) is 4.23. The Morgan fingerprint density at radius 3 is 2.53 bits per heavy atom. The number of rotatable bonds is 4. The molecule has 0 aromatic heterocycles. The number of hydrazone groups is 1. The second-order valence-electron chi connectivity index (χ2n) is 4.23. The molecular weight excluding hydrogens is 188 g/mol. The van der Waals surface area contributed by atoms with E-state index in [-0.39, 0.29) is 5.91 Å². The van der Waals surface area contributed by atoms with Crippen LogP contribution >= 0.6 is 0 Å². The van der Waals surface area contributed by atoms with E-state index in [4.69, 9.17) is 0 Å². The summed E-state index contributed by atoms with van der Waals surface area (Å²) in [6.07, 6.45) is 9.81. The predicted octanol–water partition coefficient (Wildman–Crippen LogP) is 3.00. The first kappa shape index (κ1) is 12.2. The van der Waals surface area contributed by atoms with Crippen molar-refractivity contribution in [3.63, 3.8) is 0 Å². The minimum Gasteiger partial charge on any atom is -0.273 e. The van der Waals surface area contributed by atoms with Crippen LogP contribution in [-0.2, 0) is 4.79 Å². The molecular formula is C12H22N2O. The summed E-state index contributed by atoms with van der Waals surface area (Å²) in [6.45, 7) is 2.09. The lowest BCUT2D eigenvalue weighted by Gasteiger charge is -2.02. The van der Waals surface area contributed by atoms with E-state index in [1.54, 1.807) is 0 Å². The zero-order chi connectivity index (χ0) is 10.9. The Morgan fingerprint density at radius 1 is 1.27 bits per heavy atom. The van der Waals surface area contributed by atoms with Crippen LogP contribution in [0.2, 0.25) is 0 Å². The third kappa shape index (κ3) is 5.55. The van der Waals surface area contributed by atoms with E-state index < -0.39 is 0 Å². The molecule has 0 saturated heterocycles. The van der Waals surface area contributed by atoms with Crippen molar-refractivity contribution in [1.29, 1.82) is 0 Å². The van der Waals surface area contributed by atoms with E-state index in [2.05, 4.69) is 17.5 Å². The van der Waals surface area contributed by atoms with Gasteiger partial charge in [0.1, 0.15) is 0 Å². The molecule has 1 amide bonds. The van der Waals surface area contributed by atoms with Gasteiger partial charge < -0.3 is 0 Å². The molecule has 0 aliphatic heterocycles. The Balaban J connectivity index is 2.25. The van der Waals surface area contributed by atoms with Crippen LogP contribution in [0.1, 0.15) is 64.7 Å². The molecule has 0 radical (unpaired) electrons. The summed E-state index contributed by atoms with van der Waals surface area (Å²) in [5.74, 6) is 0.0635. The number of carbonyl (C=O) groups excluding carboxylic acids is 1. The minimum absolute atomic E-state index is 0.0635. The van der Waals surface area contributed by atoms with Crippen LogP contribution in [0, 0.1) is 0 Å². The predicted molar refractivity (Wildman–Crippen MR) is 62.8 cm³/mol. The highest BCUT2D eigenvalue weighted by Crippen LogP contribution is 2.14. The van der Waals surface area contributed by atoms with Gasteiger partial charge in [-0.25, -0.2) is 5.43 Å². The van der Waals surface area contributed by atoms with Crippen LogP contribution < -0.4 is 5.43 Å². The highest BCUT2D eigenvalue weighted by Gasteiger charge is 2.06. The van der Waals surface area contributed by atoms with Crippen LogP contribution in [0.3, 0.4) is 0 Å². The van der Waals surface area contributed by atoms with Crippen molar-refractivity contribution in [1.82, 2.24) is 5.43 Å². The molecule has 0 spiro atoms. The number of nitrogens with zero attached hydrogens (tertiary/aromatic N) is 1. The molecule has 86 valence electrons. The van der Waals surface area contributed by atoms with Crippen LogP contribution in [0.15, 0.2) is 5.10 Å². The summed E-state index contributed by atoms with van der Waals surface area (Å²) in [7, 11) is 0. The highest BCUT2D eigenvalue weighted by atomic mass is 16.2. The molecule has 0 atom stereocenters. The van der Waals surface area contributed by atoms with Crippen molar-refractivity contribution in [2.24, 2.45) is 5.10 Å². The Kier molecular flexibility index (Phi) is 6.05. The number of hydrogen-bond donors (Lipinski definition) is 1. The fourth-order valence-electron chi connectivity index (χ4n) is 1.78. The summed E-state index contributed by atoms with van der Waals surface area (Å²) in [5.41, 5.74) is 3.84. The highest BCUT2D eigenvalue weighted by molar-refractivity contribution is 5.86. The number of unbranched alkanes of at least 4 members (excludes halogenated alkanes) is 1. The van der Waals surface area contributed by atoms with Gasteiger partial charge in [0.15, 0.2) is 0 Å². The van der Waals surface area contributed by atoms with E-state index in [1.165, 1.54) is 31.4 Å². The average molecular weight is 210 g/mol. The fourth-order valence-corrected chi connectivity index (χ4v) is 1.78. The van der Waals surface area contributed by atoms with Gasteiger partial charge in [0.2, 0.25) is 5.91 Å². The zero-order valence-electron chi connectivity index (χ0n) is 9.72. The van der Waals surface area contributed by atoms with Gasteiger partial charge in [-0.05, 0) is 32.1 Å². The molecule has 1 N–H and O–H groups in total. The molecule has 0 aromatic carbocycles.